The van der Waals surface area contributed by atoms with Gasteiger partial charge in [0.25, 0.3) is 11.8 Å². The zero-order valence-electron chi connectivity index (χ0n) is 20.2. The Morgan fingerprint density at radius 3 is 2.59 bits per heavy atom. The first-order chi connectivity index (χ1) is 17.7. The van der Waals surface area contributed by atoms with Crippen molar-refractivity contribution in [1.82, 2.24) is 14.9 Å². The molecular formula is C26H25F2N5O4. The summed E-state index contributed by atoms with van der Waals surface area (Å²) < 4.78 is 31.4. The van der Waals surface area contributed by atoms with Crippen LogP contribution in [0, 0.1) is 10.1 Å². The molecule has 2 aromatic heterocycles. The number of likely N-dealkylation sites (N-methyl/N-ethyl adjacent to an activating group) is 1. The second-order valence-electron chi connectivity index (χ2n) is 10.1. The topological polar surface area (TPSA) is 102 Å². The Hall–Kier alpha value is -3.73. The van der Waals surface area contributed by atoms with Gasteiger partial charge >= 0.3 is 5.69 Å². The average Bonchev–Trinajstić information content (AvgIpc) is 3.07. The first-order valence-electron chi connectivity index (χ1n) is 12.3. The maximum Gasteiger partial charge on any atom is 0.331 e. The fourth-order valence-electron chi connectivity index (χ4n) is 5.71. The quantitative estimate of drug-likeness (QED) is 0.266. The largest absolute Gasteiger partial charge is 0.473 e. The third-order valence-electron chi connectivity index (χ3n) is 7.74. The summed E-state index contributed by atoms with van der Waals surface area (Å²) in [6.07, 6.45) is 6.30. The molecule has 1 amide bonds. The molecule has 3 aromatic rings. The first kappa shape index (κ1) is 23.7. The van der Waals surface area contributed by atoms with Crippen LogP contribution >= 0.6 is 0 Å². The third-order valence-corrected chi connectivity index (χ3v) is 7.74. The maximum atomic E-state index is 13.1. The lowest BCUT2D eigenvalue weighted by molar-refractivity contribution is -0.386. The van der Waals surface area contributed by atoms with Crippen LogP contribution < -0.4 is 9.64 Å². The highest BCUT2D eigenvalue weighted by atomic mass is 19.3. The number of carbonyl (C=O) groups is 1. The molecule has 0 radical (unpaired) electrons. The SMILES string of the molecule is CN1C(=O)C2(CCC2)c2c1cnc1ccc(-c3cnc(OCCCN4CC(F)(F)C4)c([N+](=O)[O-])c3)cc21. The number of alkyl halides is 2. The Morgan fingerprint density at radius 2 is 1.92 bits per heavy atom. The Kier molecular flexibility index (Phi) is 5.37. The zero-order chi connectivity index (χ0) is 25.9. The number of likely N-dealkylation sites (tertiary alicyclic amines) is 1. The molecule has 1 spiro atoms. The number of rotatable bonds is 7. The van der Waals surface area contributed by atoms with Crippen molar-refractivity contribution in [3.8, 4) is 17.0 Å². The number of fused-ring (bicyclic) bond motifs is 4. The smallest absolute Gasteiger partial charge is 0.331 e. The number of ether oxygens (including phenoxy) is 1. The minimum Gasteiger partial charge on any atom is -0.473 e. The molecule has 11 heteroatoms. The van der Waals surface area contributed by atoms with Crippen LogP contribution in [0.4, 0.5) is 20.2 Å². The monoisotopic (exact) mass is 509 g/mol. The molecule has 0 unspecified atom stereocenters. The molecule has 0 atom stereocenters. The van der Waals surface area contributed by atoms with Gasteiger partial charge in [0.1, 0.15) is 0 Å². The van der Waals surface area contributed by atoms with E-state index in [9.17, 15) is 23.7 Å². The van der Waals surface area contributed by atoms with Crippen molar-refractivity contribution in [2.24, 2.45) is 0 Å². The summed E-state index contributed by atoms with van der Waals surface area (Å²) in [5, 5.41) is 12.7. The lowest BCUT2D eigenvalue weighted by atomic mass is 9.64. The summed E-state index contributed by atoms with van der Waals surface area (Å²) in [5.74, 6) is -2.64. The first-order valence-corrected chi connectivity index (χ1v) is 12.3. The van der Waals surface area contributed by atoms with E-state index in [4.69, 9.17) is 4.74 Å². The second-order valence-corrected chi connectivity index (χ2v) is 10.1. The molecule has 1 saturated carbocycles. The Morgan fingerprint density at radius 1 is 1.14 bits per heavy atom. The number of amides is 1. The van der Waals surface area contributed by atoms with E-state index in [1.807, 2.05) is 18.2 Å². The van der Waals surface area contributed by atoms with E-state index < -0.39 is 16.3 Å². The normalized spacial score (nSPS) is 19.5. The minimum atomic E-state index is -2.63. The van der Waals surface area contributed by atoms with E-state index in [0.29, 0.717) is 18.5 Å². The fourth-order valence-corrected chi connectivity index (χ4v) is 5.71. The van der Waals surface area contributed by atoms with Crippen LogP contribution in [0.1, 0.15) is 31.2 Å². The van der Waals surface area contributed by atoms with Crippen LogP contribution in [0.5, 0.6) is 5.88 Å². The van der Waals surface area contributed by atoms with Gasteiger partial charge in [-0.1, -0.05) is 12.5 Å². The number of aromatic nitrogens is 2. The van der Waals surface area contributed by atoms with Gasteiger partial charge in [0, 0.05) is 42.4 Å². The van der Waals surface area contributed by atoms with E-state index in [0.717, 1.165) is 47.0 Å². The number of nitro groups is 1. The van der Waals surface area contributed by atoms with Crippen molar-refractivity contribution in [3.05, 3.63) is 52.3 Å². The highest BCUT2D eigenvalue weighted by Gasteiger charge is 2.54. The molecule has 6 rings (SSSR count). The van der Waals surface area contributed by atoms with Crippen LogP contribution in [0.15, 0.2) is 36.7 Å². The van der Waals surface area contributed by atoms with Crippen LogP contribution in [0.3, 0.4) is 0 Å². The van der Waals surface area contributed by atoms with Crippen molar-refractivity contribution in [1.29, 1.82) is 0 Å². The van der Waals surface area contributed by atoms with Gasteiger partial charge in [0.2, 0.25) is 5.91 Å². The van der Waals surface area contributed by atoms with Gasteiger partial charge < -0.3 is 9.64 Å². The predicted molar refractivity (Wildman–Crippen MR) is 132 cm³/mol. The molecular weight excluding hydrogens is 484 g/mol. The zero-order valence-corrected chi connectivity index (χ0v) is 20.2. The van der Waals surface area contributed by atoms with Crippen molar-refractivity contribution in [3.63, 3.8) is 0 Å². The van der Waals surface area contributed by atoms with Crippen molar-refractivity contribution in [2.75, 3.05) is 38.2 Å². The summed E-state index contributed by atoms with van der Waals surface area (Å²) in [4.78, 5) is 36.4. The van der Waals surface area contributed by atoms with Crippen molar-refractivity contribution >= 4 is 28.2 Å². The minimum absolute atomic E-state index is 0.0927. The average molecular weight is 510 g/mol. The van der Waals surface area contributed by atoms with Crippen LogP contribution in [0.25, 0.3) is 22.0 Å². The van der Waals surface area contributed by atoms with Gasteiger partial charge in [0.05, 0.1) is 47.4 Å². The second kappa shape index (κ2) is 8.41. The number of nitrogens with zero attached hydrogens (tertiary/aromatic N) is 5. The van der Waals surface area contributed by atoms with Gasteiger partial charge in [0.15, 0.2) is 0 Å². The molecule has 2 fully saturated rings. The fraction of sp³-hybridized carbons (Fsp3) is 0.423. The lowest BCUT2D eigenvalue weighted by Gasteiger charge is -2.38. The standard InChI is InChI=1S/C26H25F2N5O4/c1-31-21-13-29-19-5-4-16(10-18(19)22(21)25(24(31)34)6-2-7-25)17-11-20(33(35)36)23(30-12-17)37-9-3-8-32-14-26(27,28)15-32/h4-5,10-13H,2-3,6-9,14-15H2,1H3. The molecule has 4 heterocycles. The number of halogens is 2. The summed E-state index contributed by atoms with van der Waals surface area (Å²) in [7, 11) is 1.77. The number of carbonyl (C=O) groups excluding carboxylic acids is 1. The Balaban J connectivity index is 1.27. The number of hydrogen-bond acceptors (Lipinski definition) is 7. The number of benzene rings is 1. The highest BCUT2D eigenvalue weighted by molar-refractivity contribution is 6.13. The Labute approximate surface area is 211 Å². The van der Waals surface area contributed by atoms with Crippen LogP contribution in [0.2, 0.25) is 0 Å². The van der Waals surface area contributed by atoms with Crippen LogP contribution in [-0.2, 0) is 10.2 Å². The third kappa shape index (κ3) is 3.79. The van der Waals surface area contributed by atoms with Crippen LogP contribution in [-0.4, -0.2) is 64.9 Å². The summed E-state index contributed by atoms with van der Waals surface area (Å²) >= 11 is 0. The summed E-state index contributed by atoms with van der Waals surface area (Å²) in [6.45, 7) is 0.0229. The number of anilines is 1. The predicted octanol–water partition coefficient (Wildman–Crippen LogP) is 4.32. The van der Waals surface area contributed by atoms with E-state index >= 15 is 0 Å². The number of pyridine rings is 2. The molecule has 1 saturated heterocycles. The highest BCUT2D eigenvalue weighted by Crippen LogP contribution is 2.55. The number of hydrogen-bond donors (Lipinski definition) is 0. The Bertz CT molecular complexity index is 1430. The molecule has 2 aliphatic heterocycles. The lowest BCUT2D eigenvalue weighted by Crippen LogP contribution is -2.56. The summed E-state index contributed by atoms with van der Waals surface area (Å²) in [5.41, 5.74) is 3.04. The maximum absolute atomic E-state index is 13.1. The van der Waals surface area contributed by atoms with E-state index in [2.05, 4.69) is 9.97 Å². The van der Waals surface area contributed by atoms with Crippen molar-refractivity contribution < 1.29 is 23.2 Å². The molecule has 3 aliphatic rings. The summed E-state index contributed by atoms with van der Waals surface area (Å²) in [6, 6.07) is 7.04. The van der Waals surface area contributed by atoms with E-state index in [-0.39, 0.29) is 37.2 Å². The van der Waals surface area contributed by atoms with Gasteiger partial charge in [-0.3, -0.25) is 24.8 Å². The molecule has 0 N–H and O–H groups in total. The van der Waals surface area contributed by atoms with E-state index in [1.54, 1.807) is 23.0 Å². The van der Waals surface area contributed by atoms with Gasteiger partial charge in [-0.2, -0.15) is 0 Å². The van der Waals surface area contributed by atoms with Gasteiger partial charge in [-0.25, -0.2) is 13.8 Å². The van der Waals surface area contributed by atoms with Gasteiger partial charge in [-0.05, 0) is 37.0 Å². The molecule has 37 heavy (non-hydrogen) atoms. The molecule has 192 valence electrons. The van der Waals surface area contributed by atoms with E-state index in [1.165, 1.54) is 12.3 Å². The van der Waals surface area contributed by atoms with Crippen molar-refractivity contribution in [2.45, 2.75) is 37.0 Å². The molecule has 1 aromatic carbocycles. The van der Waals surface area contributed by atoms with Gasteiger partial charge in [-0.15, -0.1) is 0 Å². The molecule has 1 aliphatic carbocycles. The molecule has 0 bridgehead atoms. The molecule has 9 nitrogen and oxygen atoms in total.